The predicted octanol–water partition coefficient (Wildman–Crippen LogP) is 4.52. The number of aryl methyl sites for hydroxylation is 2. The zero-order valence-electron chi connectivity index (χ0n) is 18.7. The van der Waals surface area contributed by atoms with E-state index in [1.54, 1.807) is 19.1 Å². The molecular formula is C23H25N5O4S. The number of nitro groups is 1. The van der Waals surface area contributed by atoms with Crippen LogP contribution in [0.15, 0.2) is 70.7 Å². The van der Waals surface area contributed by atoms with Gasteiger partial charge in [-0.05, 0) is 55.3 Å². The molecule has 0 bridgehead atoms. The van der Waals surface area contributed by atoms with Gasteiger partial charge < -0.3 is 4.90 Å². The van der Waals surface area contributed by atoms with Crippen LogP contribution in [0, 0.1) is 24.0 Å². The first kappa shape index (κ1) is 23.7. The molecule has 172 valence electrons. The van der Waals surface area contributed by atoms with Crippen molar-refractivity contribution < 1.29 is 13.3 Å². The SMILES string of the molecule is Cc1ccc(NS(=O)(=O)c2ccc(NN=Cc3ccc(N(C)C)cc3)c([N+](=O)[O-])c2)c(C)c1. The number of hydrogen-bond donors (Lipinski definition) is 2. The monoisotopic (exact) mass is 467 g/mol. The number of rotatable bonds is 8. The molecule has 0 atom stereocenters. The molecule has 3 rings (SSSR count). The molecule has 0 fully saturated rings. The molecule has 2 N–H and O–H groups in total. The van der Waals surface area contributed by atoms with Gasteiger partial charge in [-0.2, -0.15) is 5.10 Å². The van der Waals surface area contributed by atoms with Crippen LogP contribution < -0.4 is 15.0 Å². The Balaban J connectivity index is 1.81. The summed E-state index contributed by atoms with van der Waals surface area (Å²) in [6.07, 6.45) is 1.52. The molecule has 0 aliphatic heterocycles. The molecule has 0 amide bonds. The Morgan fingerprint density at radius 1 is 0.970 bits per heavy atom. The summed E-state index contributed by atoms with van der Waals surface area (Å²) in [5.74, 6) is 0. The Morgan fingerprint density at radius 3 is 2.24 bits per heavy atom. The molecule has 0 aromatic heterocycles. The Morgan fingerprint density at radius 2 is 1.64 bits per heavy atom. The van der Waals surface area contributed by atoms with E-state index in [0.29, 0.717) is 5.69 Å². The standard InChI is InChI=1S/C23H25N5O4S/c1-16-5-11-21(17(2)13-16)26-33(31,32)20-10-12-22(23(14-20)28(29)30)25-24-15-18-6-8-19(9-7-18)27(3)4/h5-15,25-26H,1-4H3. The molecular weight excluding hydrogens is 442 g/mol. The first-order valence-electron chi connectivity index (χ1n) is 10.0. The average molecular weight is 468 g/mol. The summed E-state index contributed by atoms with van der Waals surface area (Å²) in [7, 11) is -0.149. The minimum absolute atomic E-state index is 0.0756. The molecule has 3 aromatic carbocycles. The second kappa shape index (κ2) is 9.70. The lowest BCUT2D eigenvalue weighted by molar-refractivity contribution is -0.384. The number of hydrogen-bond acceptors (Lipinski definition) is 7. The van der Waals surface area contributed by atoms with E-state index < -0.39 is 20.6 Å². The third kappa shape index (κ3) is 5.86. The maximum Gasteiger partial charge on any atom is 0.295 e. The number of sulfonamides is 1. The smallest absolute Gasteiger partial charge is 0.295 e. The first-order chi connectivity index (χ1) is 15.6. The summed E-state index contributed by atoms with van der Waals surface area (Å²) in [4.78, 5) is 12.7. The molecule has 10 heteroatoms. The van der Waals surface area contributed by atoms with Crippen LogP contribution in [0.3, 0.4) is 0 Å². The summed E-state index contributed by atoms with van der Waals surface area (Å²) in [6.45, 7) is 3.69. The average Bonchev–Trinajstić information content (AvgIpc) is 2.76. The second-order valence-electron chi connectivity index (χ2n) is 7.72. The van der Waals surface area contributed by atoms with E-state index in [9.17, 15) is 18.5 Å². The van der Waals surface area contributed by atoms with E-state index in [1.807, 2.05) is 56.3 Å². The summed E-state index contributed by atoms with van der Waals surface area (Å²) < 4.78 is 28.1. The van der Waals surface area contributed by atoms with Crippen molar-refractivity contribution in [2.24, 2.45) is 5.10 Å². The lowest BCUT2D eigenvalue weighted by Gasteiger charge is -2.12. The fourth-order valence-corrected chi connectivity index (χ4v) is 4.24. The highest BCUT2D eigenvalue weighted by molar-refractivity contribution is 7.92. The van der Waals surface area contributed by atoms with Gasteiger partial charge in [0.15, 0.2) is 0 Å². The Hall–Kier alpha value is -3.92. The lowest BCUT2D eigenvalue weighted by Crippen LogP contribution is -2.14. The van der Waals surface area contributed by atoms with E-state index >= 15 is 0 Å². The van der Waals surface area contributed by atoms with Gasteiger partial charge in [-0.1, -0.05) is 29.8 Å². The van der Waals surface area contributed by atoms with Gasteiger partial charge in [0.1, 0.15) is 5.69 Å². The zero-order chi connectivity index (χ0) is 24.2. The van der Waals surface area contributed by atoms with Crippen LogP contribution in [0.5, 0.6) is 0 Å². The molecule has 0 aliphatic rings. The van der Waals surface area contributed by atoms with Crippen molar-refractivity contribution in [3.63, 3.8) is 0 Å². The number of nitrogens with zero attached hydrogens (tertiary/aromatic N) is 3. The molecule has 9 nitrogen and oxygen atoms in total. The highest BCUT2D eigenvalue weighted by atomic mass is 32.2. The fraction of sp³-hybridized carbons (Fsp3) is 0.174. The van der Waals surface area contributed by atoms with Gasteiger partial charge in [-0.25, -0.2) is 8.42 Å². The van der Waals surface area contributed by atoms with Crippen LogP contribution in [0.2, 0.25) is 0 Å². The molecule has 3 aromatic rings. The second-order valence-corrected chi connectivity index (χ2v) is 9.40. The lowest BCUT2D eigenvalue weighted by atomic mass is 10.1. The topological polar surface area (TPSA) is 117 Å². The number of nitro benzene ring substituents is 1. The van der Waals surface area contributed by atoms with Gasteiger partial charge in [0.05, 0.1) is 21.7 Å². The molecule has 0 unspecified atom stereocenters. The van der Waals surface area contributed by atoms with Crippen molar-refractivity contribution in [1.82, 2.24) is 0 Å². The molecule has 0 heterocycles. The molecule has 0 aliphatic carbocycles. The van der Waals surface area contributed by atoms with Gasteiger partial charge >= 0.3 is 0 Å². The van der Waals surface area contributed by atoms with Crippen molar-refractivity contribution in [2.75, 3.05) is 29.1 Å². The maximum atomic E-state index is 12.8. The van der Waals surface area contributed by atoms with Crippen molar-refractivity contribution in [2.45, 2.75) is 18.7 Å². The van der Waals surface area contributed by atoms with Crippen LogP contribution in [0.25, 0.3) is 0 Å². The Bertz CT molecular complexity index is 1300. The Labute approximate surface area is 193 Å². The molecule has 33 heavy (non-hydrogen) atoms. The molecule has 0 radical (unpaired) electrons. The van der Waals surface area contributed by atoms with Crippen molar-refractivity contribution in [1.29, 1.82) is 0 Å². The fourth-order valence-electron chi connectivity index (χ4n) is 3.09. The number of hydrazone groups is 1. The van der Waals surface area contributed by atoms with E-state index in [4.69, 9.17) is 0 Å². The quantitative estimate of drug-likeness (QED) is 0.286. The van der Waals surface area contributed by atoms with Crippen LogP contribution in [-0.4, -0.2) is 33.7 Å². The van der Waals surface area contributed by atoms with Crippen LogP contribution in [0.1, 0.15) is 16.7 Å². The highest BCUT2D eigenvalue weighted by Gasteiger charge is 2.22. The van der Waals surface area contributed by atoms with Crippen LogP contribution >= 0.6 is 0 Å². The molecule has 0 saturated carbocycles. The van der Waals surface area contributed by atoms with Gasteiger partial charge in [-0.15, -0.1) is 0 Å². The van der Waals surface area contributed by atoms with Crippen LogP contribution in [-0.2, 0) is 10.0 Å². The zero-order valence-corrected chi connectivity index (χ0v) is 19.6. The van der Waals surface area contributed by atoms with Gasteiger partial charge in [0.25, 0.3) is 15.7 Å². The van der Waals surface area contributed by atoms with Crippen molar-refractivity contribution in [3.8, 4) is 0 Å². The number of benzene rings is 3. The van der Waals surface area contributed by atoms with Gasteiger partial charge in [-0.3, -0.25) is 20.3 Å². The minimum Gasteiger partial charge on any atom is -0.378 e. The largest absolute Gasteiger partial charge is 0.378 e. The predicted molar refractivity (Wildman–Crippen MR) is 132 cm³/mol. The van der Waals surface area contributed by atoms with E-state index in [1.165, 1.54) is 18.3 Å². The third-order valence-electron chi connectivity index (χ3n) is 4.91. The van der Waals surface area contributed by atoms with Gasteiger partial charge in [0.2, 0.25) is 0 Å². The third-order valence-corrected chi connectivity index (χ3v) is 6.27. The van der Waals surface area contributed by atoms with Crippen molar-refractivity contribution in [3.05, 3.63) is 87.5 Å². The molecule has 0 spiro atoms. The summed E-state index contributed by atoms with van der Waals surface area (Å²) in [5.41, 5.74) is 6.28. The summed E-state index contributed by atoms with van der Waals surface area (Å²) in [6, 6.07) is 16.5. The van der Waals surface area contributed by atoms with E-state index in [0.717, 1.165) is 28.4 Å². The summed E-state index contributed by atoms with van der Waals surface area (Å²) in [5, 5.41) is 15.6. The van der Waals surface area contributed by atoms with Crippen LogP contribution in [0.4, 0.5) is 22.7 Å². The van der Waals surface area contributed by atoms with Crippen molar-refractivity contribution >= 4 is 39.0 Å². The minimum atomic E-state index is -4.02. The van der Waals surface area contributed by atoms with E-state index in [-0.39, 0.29) is 10.6 Å². The highest BCUT2D eigenvalue weighted by Crippen LogP contribution is 2.29. The first-order valence-corrected chi connectivity index (χ1v) is 11.5. The maximum absolute atomic E-state index is 12.8. The summed E-state index contributed by atoms with van der Waals surface area (Å²) >= 11 is 0. The van der Waals surface area contributed by atoms with E-state index in [2.05, 4.69) is 15.2 Å². The Kier molecular flexibility index (Phi) is 6.98. The number of nitrogens with one attached hydrogen (secondary N) is 2. The number of anilines is 3. The normalized spacial score (nSPS) is 11.4. The molecule has 0 saturated heterocycles. The van der Waals surface area contributed by atoms with Gasteiger partial charge in [0, 0.05) is 25.8 Å².